The molecule has 0 aliphatic heterocycles. The van der Waals surface area contributed by atoms with Crippen LogP contribution in [0.4, 0.5) is 0 Å². The van der Waals surface area contributed by atoms with Gasteiger partial charge < -0.3 is 9.15 Å². The predicted molar refractivity (Wildman–Crippen MR) is 109 cm³/mol. The molecule has 0 unspecified atom stereocenters. The van der Waals surface area contributed by atoms with Crippen molar-refractivity contribution in [1.82, 2.24) is 5.43 Å². The maximum Gasteiger partial charge on any atom is 0.307 e. The standard InChI is InChI=1S/C22H15ClN2O3/c23-17-9-10-20-16(12-17)13-21(28-20)22(26)25-24-14-15-5-4-8-19(11-15)27-18-6-2-1-3-7-18/h1-14H,(H,25,26)/b24-14+. The van der Waals surface area contributed by atoms with Crippen LogP contribution in [0.3, 0.4) is 0 Å². The van der Waals surface area contributed by atoms with Crippen LogP contribution < -0.4 is 10.2 Å². The Morgan fingerprint density at radius 1 is 0.964 bits per heavy atom. The Kier molecular flexibility index (Phi) is 5.08. The number of hydrazone groups is 1. The lowest BCUT2D eigenvalue weighted by molar-refractivity contribution is 0.0929. The molecule has 0 atom stereocenters. The summed E-state index contributed by atoms with van der Waals surface area (Å²) in [7, 11) is 0. The number of furan rings is 1. The van der Waals surface area contributed by atoms with E-state index >= 15 is 0 Å². The molecule has 138 valence electrons. The van der Waals surface area contributed by atoms with Crippen LogP contribution in [-0.4, -0.2) is 12.1 Å². The highest BCUT2D eigenvalue weighted by Gasteiger charge is 2.11. The first-order valence-corrected chi connectivity index (χ1v) is 8.91. The van der Waals surface area contributed by atoms with E-state index in [4.69, 9.17) is 20.8 Å². The minimum atomic E-state index is -0.444. The number of nitrogens with zero attached hydrogens (tertiary/aromatic N) is 1. The number of ether oxygens (including phenoxy) is 1. The van der Waals surface area contributed by atoms with E-state index in [9.17, 15) is 4.79 Å². The van der Waals surface area contributed by atoms with Crippen molar-refractivity contribution in [1.29, 1.82) is 0 Å². The lowest BCUT2D eigenvalue weighted by Gasteiger charge is -2.05. The zero-order valence-electron chi connectivity index (χ0n) is 14.6. The lowest BCUT2D eigenvalue weighted by Crippen LogP contribution is -2.16. The van der Waals surface area contributed by atoms with Gasteiger partial charge in [0.05, 0.1) is 6.21 Å². The average molecular weight is 391 g/mol. The highest BCUT2D eigenvalue weighted by atomic mass is 35.5. The summed E-state index contributed by atoms with van der Waals surface area (Å²) in [6.45, 7) is 0. The molecule has 3 aromatic carbocycles. The molecule has 6 heteroatoms. The third-order valence-corrected chi connectivity index (χ3v) is 4.15. The largest absolute Gasteiger partial charge is 0.457 e. The van der Waals surface area contributed by atoms with Crippen molar-refractivity contribution in [3.63, 3.8) is 0 Å². The van der Waals surface area contributed by atoms with Gasteiger partial charge in [0.15, 0.2) is 5.76 Å². The van der Waals surface area contributed by atoms with Crippen molar-refractivity contribution < 1.29 is 13.9 Å². The summed E-state index contributed by atoms with van der Waals surface area (Å²) in [5.74, 6) is 1.14. The van der Waals surface area contributed by atoms with Gasteiger partial charge in [0.25, 0.3) is 0 Å². The molecule has 0 aliphatic rings. The zero-order valence-corrected chi connectivity index (χ0v) is 15.4. The van der Waals surface area contributed by atoms with Crippen molar-refractivity contribution >= 4 is 34.7 Å². The van der Waals surface area contributed by atoms with E-state index in [1.807, 2.05) is 54.6 Å². The van der Waals surface area contributed by atoms with Crippen LogP contribution in [0.1, 0.15) is 16.1 Å². The van der Waals surface area contributed by atoms with E-state index in [2.05, 4.69) is 10.5 Å². The maximum absolute atomic E-state index is 12.2. The summed E-state index contributed by atoms with van der Waals surface area (Å²) in [5, 5.41) is 5.32. The van der Waals surface area contributed by atoms with Crippen molar-refractivity contribution in [2.24, 2.45) is 5.10 Å². The maximum atomic E-state index is 12.2. The molecular weight excluding hydrogens is 376 g/mol. The van der Waals surface area contributed by atoms with Gasteiger partial charge in [-0.15, -0.1) is 0 Å². The number of nitrogens with one attached hydrogen (secondary N) is 1. The van der Waals surface area contributed by atoms with Gasteiger partial charge in [-0.05, 0) is 54.1 Å². The molecule has 1 N–H and O–H groups in total. The van der Waals surface area contributed by atoms with E-state index in [1.165, 1.54) is 6.21 Å². The summed E-state index contributed by atoms with van der Waals surface area (Å²) in [4.78, 5) is 12.2. The number of halogens is 1. The third-order valence-electron chi connectivity index (χ3n) is 3.92. The number of benzene rings is 3. The molecule has 1 aromatic heterocycles. The number of carbonyl (C=O) groups excluding carboxylic acids is 1. The van der Waals surface area contributed by atoms with Crippen LogP contribution in [0.5, 0.6) is 11.5 Å². The van der Waals surface area contributed by atoms with E-state index in [-0.39, 0.29) is 5.76 Å². The molecule has 0 saturated carbocycles. The van der Waals surface area contributed by atoms with Crippen LogP contribution in [0.15, 0.2) is 88.4 Å². The number of rotatable bonds is 5. The minimum absolute atomic E-state index is 0.163. The lowest BCUT2D eigenvalue weighted by atomic mass is 10.2. The Balaban J connectivity index is 1.42. The molecule has 1 amide bonds. The monoisotopic (exact) mass is 390 g/mol. The van der Waals surface area contributed by atoms with Crippen LogP contribution in [0.2, 0.25) is 5.02 Å². The summed E-state index contributed by atoms with van der Waals surface area (Å²) >= 11 is 5.95. The van der Waals surface area contributed by atoms with Gasteiger partial charge in [0.1, 0.15) is 17.1 Å². The summed E-state index contributed by atoms with van der Waals surface area (Å²) in [6, 6.07) is 23.7. The van der Waals surface area contributed by atoms with E-state index in [0.717, 1.165) is 16.7 Å². The Morgan fingerprint density at radius 3 is 2.64 bits per heavy atom. The second kappa shape index (κ2) is 7.98. The molecule has 4 aromatic rings. The molecule has 0 aliphatic carbocycles. The Labute approximate surface area is 166 Å². The third kappa shape index (κ3) is 4.22. The molecule has 0 radical (unpaired) electrons. The van der Waals surface area contributed by atoms with Crippen LogP contribution in [0, 0.1) is 0 Å². The fourth-order valence-electron chi connectivity index (χ4n) is 2.63. The molecule has 0 spiro atoms. The van der Waals surface area contributed by atoms with Crippen LogP contribution in [0.25, 0.3) is 11.0 Å². The van der Waals surface area contributed by atoms with Gasteiger partial charge in [-0.1, -0.05) is 41.9 Å². The molecule has 5 nitrogen and oxygen atoms in total. The number of carbonyl (C=O) groups is 1. The predicted octanol–water partition coefficient (Wildman–Crippen LogP) is 5.64. The van der Waals surface area contributed by atoms with Crippen molar-refractivity contribution in [3.05, 3.63) is 95.2 Å². The first-order valence-electron chi connectivity index (χ1n) is 8.53. The van der Waals surface area contributed by atoms with Gasteiger partial charge in [0, 0.05) is 10.4 Å². The number of fused-ring (bicyclic) bond motifs is 1. The van der Waals surface area contributed by atoms with Crippen molar-refractivity contribution in [2.75, 3.05) is 0 Å². The first-order chi connectivity index (χ1) is 13.7. The van der Waals surface area contributed by atoms with Gasteiger partial charge >= 0.3 is 5.91 Å². The van der Waals surface area contributed by atoms with Crippen LogP contribution in [-0.2, 0) is 0 Å². The van der Waals surface area contributed by atoms with E-state index in [1.54, 1.807) is 24.3 Å². The Hall–Kier alpha value is -3.57. The smallest absolute Gasteiger partial charge is 0.307 e. The van der Waals surface area contributed by atoms with Gasteiger partial charge in [0.2, 0.25) is 0 Å². The second-order valence-electron chi connectivity index (χ2n) is 5.98. The topological polar surface area (TPSA) is 63.8 Å². The quantitative estimate of drug-likeness (QED) is 0.354. The van der Waals surface area contributed by atoms with Crippen LogP contribution >= 0.6 is 11.6 Å². The first kappa shape index (κ1) is 17.8. The molecule has 1 heterocycles. The molecular formula is C22H15ClN2O3. The van der Waals surface area contributed by atoms with E-state index in [0.29, 0.717) is 16.4 Å². The summed E-state index contributed by atoms with van der Waals surface area (Å²) in [6.07, 6.45) is 1.54. The normalized spacial score (nSPS) is 11.0. The second-order valence-corrected chi connectivity index (χ2v) is 6.42. The number of amides is 1. The fourth-order valence-corrected chi connectivity index (χ4v) is 2.81. The zero-order chi connectivity index (χ0) is 19.3. The minimum Gasteiger partial charge on any atom is -0.457 e. The summed E-state index contributed by atoms with van der Waals surface area (Å²) in [5.41, 5.74) is 3.82. The highest BCUT2D eigenvalue weighted by Crippen LogP contribution is 2.23. The Bertz CT molecular complexity index is 1150. The van der Waals surface area contributed by atoms with Crippen molar-refractivity contribution in [3.8, 4) is 11.5 Å². The molecule has 0 fully saturated rings. The molecule has 4 rings (SSSR count). The molecule has 0 saturated heterocycles. The van der Waals surface area contributed by atoms with E-state index < -0.39 is 5.91 Å². The fraction of sp³-hybridized carbons (Fsp3) is 0. The SMILES string of the molecule is O=C(N/N=C/c1cccc(Oc2ccccc2)c1)c1cc2cc(Cl)ccc2o1. The number of para-hydroxylation sites is 1. The van der Waals surface area contributed by atoms with Gasteiger partial charge in [-0.25, -0.2) is 5.43 Å². The number of hydrogen-bond donors (Lipinski definition) is 1. The van der Waals surface area contributed by atoms with Gasteiger partial charge in [-0.2, -0.15) is 5.10 Å². The molecule has 28 heavy (non-hydrogen) atoms. The molecule has 0 bridgehead atoms. The average Bonchev–Trinajstić information content (AvgIpc) is 3.12. The Morgan fingerprint density at radius 2 is 1.79 bits per heavy atom. The van der Waals surface area contributed by atoms with Gasteiger partial charge in [-0.3, -0.25) is 4.79 Å². The highest BCUT2D eigenvalue weighted by molar-refractivity contribution is 6.31. The van der Waals surface area contributed by atoms with Crippen molar-refractivity contribution in [2.45, 2.75) is 0 Å². The summed E-state index contributed by atoms with van der Waals surface area (Å²) < 4.78 is 11.3. The number of hydrogen-bond acceptors (Lipinski definition) is 4.